The number of thioether (sulfide) groups is 2. The lowest BCUT2D eigenvalue weighted by molar-refractivity contribution is -0.137. The Bertz CT molecular complexity index is 804. The van der Waals surface area contributed by atoms with Gasteiger partial charge in [0, 0.05) is 17.5 Å². The maximum Gasteiger partial charge on any atom is 0.330 e. The van der Waals surface area contributed by atoms with Crippen molar-refractivity contribution in [1.82, 2.24) is 0 Å². The summed E-state index contributed by atoms with van der Waals surface area (Å²) in [6, 6.07) is 3.36. The van der Waals surface area contributed by atoms with E-state index in [1.165, 1.54) is 42.8 Å². The van der Waals surface area contributed by atoms with Crippen molar-refractivity contribution >= 4 is 64.3 Å². The van der Waals surface area contributed by atoms with Gasteiger partial charge in [-0.1, -0.05) is 55.3 Å². The van der Waals surface area contributed by atoms with E-state index < -0.39 is 10.0 Å². The number of carboxylic acids is 1. The molecule has 1 amide bonds. The molecular formula is C22H29Cl2NO3S2. The Morgan fingerprint density at radius 3 is 2.27 bits per heavy atom. The van der Waals surface area contributed by atoms with Crippen LogP contribution in [0.3, 0.4) is 0 Å². The second-order valence-corrected chi connectivity index (χ2v) is 11.8. The number of nitrogens with one attached hydrogen (secondary N) is 1. The van der Waals surface area contributed by atoms with E-state index >= 15 is 0 Å². The molecule has 3 rings (SSSR count). The largest absolute Gasteiger partial charge is 0.480 e. The minimum absolute atomic E-state index is 0.0444. The highest BCUT2D eigenvalue weighted by molar-refractivity contribution is 8.18. The van der Waals surface area contributed by atoms with Gasteiger partial charge >= 0.3 is 5.97 Å². The molecule has 0 spiro atoms. The van der Waals surface area contributed by atoms with Crippen LogP contribution in [0.15, 0.2) is 12.1 Å². The van der Waals surface area contributed by atoms with Crippen molar-refractivity contribution in [1.29, 1.82) is 0 Å². The van der Waals surface area contributed by atoms with Crippen LogP contribution in [0.1, 0.15) is 56.9 Å². The van der Waals surface area contributed by atoms with E-state index in [0.29, 0.717) is 27.2 Å². The van der Waals surface area contributed by atoms with E-state index in [9.17, 15) is 14.7 Å². The SMILES string of the molecule is CSC(Cc1cc(Cl)c(Cl)cc1NC(=O)C1(CC2CC2)CCCCC1)(SC)C(=O)O. The molecule has 2 N–H and O–H groups in total. The van der Waals surface area contributed by atoms with Gasteiger partial charge in [-0.05, 0) is 55.4 Å². The van der Waals surface area contributed by atoms with Gasteiger partial charge in [-0.15, -0.1) is 23.5 Å². The van der Waals surface area contributed by atoms with Crippen LogP contribution in [0.2, 0.25) is 10.0 Å². The molecule has 0 aromatic heterocycles. The van der Waals surface area contributed by atoms with Gasteiger partial charge in [0.2, 0.25) is 5.91 Å². The van der Waals surface area contributed by atoms with Crippen LogP contribution in [0, 0.1) is 11.3 Å². The number of rotatable bonds is 9. The highest BCUT2D eigenvalue weighted by Gasteiger charge is 2.44. The summed E-state index contributed by atoms with van der Waals surface area (Å²) in [6.07, 6.45) is 12.4. The number of carbonyl (C=O) groups excluding carboxylic acids is 1. The molecule has 0 atom stereocenters. The third-order valence-electron chi connectivity index (χ3n) is 6.47. The van der Waals surface area contributed by atoms with Crippen LogP contribution in [0.4, 0.5) is 5.69 Å². The molecular weight excluding hydrogens is 461 g/mol. The number of carboxylic acid groups (broad SMARTS) is 1. The summed E-state index contributed by atoms with van der Waals surface area (Å²) in [5, 5.41) is 13.7. The van der Waals surface area contributed by atoms with Crippen LogP contribution in [0.25, 0.3) is 0 Å². The fourth-order valence-corrected chi connectivity index (χ4v) is 6.43. The predicted octanol–water partition coefficient (Wildman–Crippen LogP) is 6.73. The monoisotopic (exact) mass is 489 g/mol. The zero-order chi connectivity index (χ0) is 21.9. The second kappa shape index (κ2) is 9.93. The molecule has 0 unspecified atom stereocenters. The number of hydrogen-bond donors (Lipinski definition) is 2. The van der Waals surface area contributed by atoms with Crippen molar-refractivity contribution in [2.24, 2.45) is 11.3 Å². The first kappa shape index (κ1) is 24.1. The van der Waals surface area contributed by atoms with E-state index in [-0.39, 0.29) is 17.7 Å². The van der Waals surface area contributed by atoms with Crippen LogP contribution in [-0.2, 0) is 16.0 Å². The highest BCUT2D eigenvalue weighted by atomic mass is 35.5. The van der Waals surface area contributed by atoms with E-state index in [1.54, 1.807) is 24.6 Å². The maximum atomic E-state index is 13.5. The molecule has 8 heteroatoms. The van der Waals surface area contributed by atoms with Crippen LogP contribution in [0.5, 0.6) is 0 Å². The molecule has 4 nitrogen and oxygen atoms in total. The topological polar surface area (TPSA) is 66.4 Å². The van der Waals surface area contributed by atoms with Gasteiger partial charge in [-0.25, -0.2) is 4.79 Å². The smallest absolute Gasteiger partial charge is 0.330 e. The van der Waals surface area contributed by atoms with Gasteiger partial charge < -0.3 is 10.4 Å². The third kappa shape index (κ3) is 5.25. The van der Waals surface area contributed by atoms with Gasteiger partial charge in [0.25, 0.3) is 0 Å². The molecule has 2 fully saturated rings. The quantitative estimate of drug-likeness (QED) is 0.376. The molecule has 0 heterocycles. The van der Waals surface area contributed by atoms with Crippen molar-refractivity contribution in [3.05, 3.63) is 27.7 Å². The van der Waals surface area contributed by atoms with Crippen LogP contribution < -0.4 is 5.32 Å². The molecule has 2 aliphatic rings. The zero-order valence-electron chi connectivity index (χ0n) is 17.4. The molecule has 0 bridgehead atoms. The Morgan fingerprint density at radius 2 is 1.73 bits per heavy atom. The van der Waals surface area contributed by atoms with Gasteiger partial charge in [0.15, 0.2) is 4.08 Å². The molecule has 166 valence electrons. The Labute approximate surface area is 197 Å². The number of carbonyl (C=O) groups is 2. The second-order valence-electron chi connectivity index (χ2n) is 8.51. The molecule has 0 saturated heterocycles. The Morgan fingerprint density at radius 1 is 1.13 bits per heavy atom. The fourth-order valence-electron chi connectivity index (χ4n) is 4.46. The normalized spacial score (nSPS) is 18.8. The summed E-state index contributed by atoms with van der Waals surface area (Å²) in [5.41, 5.74) is 0.941. The van der Waals surface area contributed by atoms with Crippen LogP contribution in [-0.4, -0.2) is 33.6 Å². The average molecular weight is 491 g/mol. The van der Waals surface area contributed by atoms with Crippen molar-refractivity contribution in [3.8, 4) is 0 Å². The lowest BCUT2D eigenvalue weighted by atomic mass is 9.70. The summed E-state index contributed by atoms with van der Waals surface area (Å²) in [6.45, 7) is 0. The van der Waals surface area contributed by atoms with Gasteiger partial charge in [0.05, 0.1) is 10.0 Å². The average Bonchev–Trinajstić information content (AvgIpc) is 3.53. The zero-order valence-corrected chi connectivity index (χ0v) is 20.6. The van der Waals surface area contributed by atoms with E-state index in [2.05, 4.69) is 5.32 Å². The van der Waals surface area contributed by atoms with Crippen molar-refractivity contribution < 1.29 is 14.7 Å². The highest BCUT2D eigenvalue weighted by Crippen LogP contribution is 2.49. The first-order valence-electron chi connectivity index (χ1n) is 10.4. The summed E-state index contributed by atoms with van der Waals surface area (Å²) < 4.78 is -1.06. The molecule has 1 aromatic rings. The molecule has 2 aliphatic carbocycles. The molecule has 1 aromatic carbocycles. The van der Waals surface area contributed by atoms with Crippen molar-refractivity contribution in [2.75, 3.05) is 17.8 Å². The fraction of sp³-hybridized carbons (Fsp3) is 0.636. The number of aliphatic carboxylic acids is 1. The minimum atomic E-state index is -1.06. The van der Waals surface area contributed by atoms with Gasteiger partial charge in [0.1, 0.15) is 0 Å². The Balaban J connectivity index is 1.91. The summed E-state index contributed by atoms with van der Waals surface area (Å²) in [4.78, 5) is 25.5. The number of anilines is 1. The Hall–Kier alpha value is -0.560. The lowest BCUT2D eigenvalue weighted by Crippen LogP contribution is -2.39. The molecule has 2 saturated carbocycles. The number of benzene rings is 1. The van der Waals surface area contributed by atoms with Crippen molar-refractivity contribution in [2.45, 2.75) is 61.9 Å². The molecule has 0 aliphatic heterocycles. The number of hydrogen-bond acceptors (Lipinski definition) is 4. The van der Waals surface area contributed by atoms with Crippen LogP contribution >= 0.6 is 46.7 Å². The number of amides is 1. The van der Waals surface area contributed by atoms with Gasteiger partial charge in [-0.3, -0.25) is 4.79 Å². The first-order chi connectivity index (χ1) is 14.2. The predicted molar refractivity (Wildman–Crippen MR) is 129 cm³/mol. The third-order valence-corrected chi connectivity index (χ3v) is 10.2. The minimum Gasteiger partial charge on any atom is -0.480 e. The van der Waals surface area contributed by atoms with Gasteiger partial charge in [-0.2, -0.15) is 0 Å². The summed E-state index contributed by atoms with van der Waals surface area (Å²) >= 11 is 15.1. The summed E-state index contributed by atoms with van der Waals surface area (Å²) in [7, 11) is 0. The van der Waals surface area contributed by atoms with E-state index in [1.807, 2.05) is 0 Å². The molecule has 0 radical (unpaired) electrons. The van der Waals surface area contributed by atoms with Crippen molar-refractivity contribution in [3.63, 3.8) is 0 Å². The maximum absolute atomic E-state index is 13.5. The van der Waals surface area contributed by atoms with E-state index in [0.717, 1.165) is 32.1 Å². The lowest BCUT2D eigenvalue weighted by Gasteiger charge is -2.36. The number of halogens is 2. The molecule has 30 heavy (non-hydrogen) atoms. The summed E-state index contributed by atoms with van der Waals surface area (Å²) in [5.74, 6) is -0.193. The van der Waals surface area contributed by atoms with E-state index in [4.69, 9.17) is 23.2 Å². The standard InChI is InChI=1S/C22H29Cl2NO3S2/c1-29-22(30-2,20(27)28)13-15-10-16(23)17(24)11-18(15)25-19(26)21(12-14-6-7-14)8-4-3-5-9-21/h10-11,14H,3-9,12-13H2,1-2H3,(H,25,26)(H,27,28). The first-order valence-corrected chi connectivity index (χ1v) is 13.6. The Kier molecular flexibility index (Phi) is 7.97.